The van der Waals surface area contributed by atoms with E-state index in [1.54, 1.807) is 25.3 Å². The standard InChI is InChI=1S/C11H12Cl2O3/c1-15-11-9(14)5-10(11)16-8-3-6(12)2-7(13)4-8/h2-4,9-11,14H,5H2,1H3. The van der Waals surface area contributed by atoms with E-state index in [-0.39, 0.29) is 12.2 Å². The molecule has 0 aromatic heterocycles. The molecule has 88 valence electrons. The van der Waals surface area contributed by atoms with Crippen LogP contribution in [0.1, 0.15) is 6.42 Å². The maximum atomic E-state index is 9.41. The van der Waals surface area contributed by atoms with Crippen LogP contribution < -0.4 is 4.74 Å². The molecule has 0 heterocycles. The largest absolute Gasteiger partial charge is 0.487 e. The van der Waals surface area contributed by atoms with Crippen molar-refractivity contribution in [2.24, 2.45) is 0 Å². The summed E-state index contributed by atoms with van der Waals surface area (Å²) in [7, 11) is 1.55. The van der Waals surface area contributed by atoms with E-state index in [1.807, 2.05) is 0 Å². The highest BCUT2D eigenvalue weighted by atomic mass is 35.5. The molecule has 0 spiro atoms. The maximum Gasteiger partial charge on any atom is 0.130 e. The molecule has 16 heavy (non-hydrogen) atoms. The number of benzene rings is 1. The molecular weight excluding hydrogens is 251 g/mol. The zero-order valence-corrected chi connectivity index (χ0v) is 10.2. The first-order chi connectivity index (χ1) is 7.60. The molecular formula is C11H12Cl2O3. The van der Waals surface area contributed by atoms with Crippen LogP contribution in [0.3, 0.4) is 0 Å². The third-order valence-electron chi connectivity index (χ3n) is 2.62. The molecule has 1 aromatic rings. The molecule has 1 aliphatic rings. The number of rotatable bonds is 3. The number of halogens is 2. The van der Waals surface area contributed by atoms with Crippen molar-refractivity contribution in [1.29, 1.82) is 0 Å². The van der Waals surface area contributed by atoms with Crippen LogP contribution in [0.15, 0.2) is 18.2 Å². The minimum Gasteiger partial charge on any atom is -0.487 e. The number of aliphatic hydroxyl groups is 1. The zero-order valence-electron chi connectivity index (χ0n) is 8.69. The van der Waals surface area contributed by atoms with Crippen LogP contribution in [0, 0.1) is 0 Å². The van der Waals surface area contributed by atoms with Gasteiger partial charge in [0.2, 0.25) is 0 Å². The summed E-state index contributed by atoms with van der Waals surface area (Å²) in [6.07, 6.45) is -0.320. The summed E-state index contributed by atoms with van der Waals surface area (Å²) < 4.78 is 10.7. The van der Waals surface area contributed by atoms with E-state index >= 15 is 0 Å². The van der Waals surface area contributed by atoms with Crippen molar-refractivity contribution in [1.82, 2.24) is 0 Å². The van der Waals surface area contributed by atoms with Crippen molar-refractivity contribution >= 4 is 23.2 Å². The molecule has 3 unspecified atom stereocenters. The summed E-state index contributed by atoms with van der Waals surface area (Å²) in [6.45, 7) is 0. The van der Waals surface area contributed by atoms with E-state index in [0.717, 1.165) is 0 Å². The van der Waals surface area contributed by atoms with Gasteiger partial charge >= 0.3 is 0 Å². The Labute approximate surface area is 104 Å². The second-order valence-corrected chi connectivity index (χ2v) is 4.64. The van der Waals surface area contributed by atoms with E-state index in [9.17, 15) is 5.11 Å². The molecule has 1 N–H and O–H groups in total. The Kier molecular flexibility index (Phi) is 3.60. The monoisotopic (exact) mass is 262 g/mol. The molecule has 3 nitrogen and oxygen atoms in total. The lowest BCUT2D eigenvalue weighted by atomic mass is 9.88. The van der Waals surface area contributed by atoms with Gasteiger partial charge in [-0.1, -0.05) is 23.2 Å². The SMILES string of the molecule is COC1C(O)CC1Oc1cc(Cl)cc(Cl)c1. The number of hydrogen-bond donors (Lipinski definition) is 1. The predicted molar refractivity (Wildman–Crippen MR) is 62.3 cm³/mol. The average molecular weight is 263 g/mol. The van der Waals surface area contributed by atoms with Gasteiger partial charge in [0.25, 0.3) is 0 Å². The molecule has 0 radical (unpaired) electrons. The number of hydrogen-bond acceptors (Lipinski definition) is 3. The van der Waals surface area contributed by atoms with Gasteiger partial charge in [-0.15, -0.1) is 0 Å². The van der Waals surface area contributed by atoms with E-state index in [4.69, 9.17) is 32.7 Å². The molecule has 3 atom stereocenters. The molecule has 1 saturated carbocycles. The number of ether oxygens (including phenoxy) is 2. The van der Waals surface area contributed by atoms with Gasteiger partial charge in [0.15, 0.2) is 0 Å². The van der Waals surface area contributed by atoms with Crippen LogP contribution in [-0.2, 0) is 4.74 Å². The summed E-state index contributed by atoms with van der Waals surface area (Å²) in [5.41, 5.74) is 0. The van der Waals surface area contributed by atoms with Gasteiger partial charge in [0.05, 0.1) is 6.10 Å². The lowest BCUT2D eigenvalue weighted by Gasteiger charge is -2.40. The number of aliphatic hydroxyl groups excluding tert-OH is 1. The van der Waals surface area contributed by atoms with Gasteiger partial charge in [-0.05, 0) is 18.2 Å². The highest BCUT2D eigenvalue weighted by Gasteiger charge is 2.42. The Hall–Kier alpha value is -0.480. The molecule has 1 fully saturated rings. The van der Waals surface area contributed by atoms with Crippen molar-refractivity contribution in [2.45, 2.75) is 24.7 Å². The van der Waals surface area contributed by atoms with Gasteiger partial charge in [0.1, 0.15) is 18.0 Å². The first-order valence-corrected chi connectivity index (χ1v) is 5.69. The van der Waals surface area contributed by atoms with Crippen molar-refractivity contribution in [3.63, 3.8) is 0 Å². The summed E-state index contributed by atoms with van der Waals surface area (Å²) in [5.74, 6) is 0.594. The lowest BCUT2D eigenvalue weighted by molar-refractivity contribution is -0.149. The fourth-order valence-electron chi connectivity index (χ4n) is 1.75. The Morgan fingerprint density at radius 2 is 1.88 bits per heavy atom. The van der Waals surface area contributed by atoms with Crippen molar-refractivity contribution in [3.05, 3.63) is 28.2 Å². The lowest BCUT2D eigenvalue weighted by Crippen LogP contribution is -2.54. The third-order valence-corrected chi connectivity index (χ3v) is 3.05. The van der Waals surface area contributed by atoms with Gasteiger partial charge in [-0.25, -0.2) is 0 Å². The van der Waals surface area contributed by atoms with Crippen LogP contribution in [-0.4, -0.2) is 30.5 Å². The highest BCUT2D eigenvalue weighted by Crippen LogP contribution is 2.31. The smallest absolute Gasteiger partial charge is 0.130 e. The number of methoxy groups -OCH3 is 1. The Morgan fingerprint density at radius 1 is 1.25 bits per heavy atom. The molecule has 0 aliphatic heterocycles. The Bertz CT molecular complexity index is 363. The summed E-state index contributed by atoms with van der Waals surface area (Å²) in [5, 5.41) is 10.5. The molecule has 0 amide bonds. The quantitative estimate of drug-likeness (QED) is 0.910. The first-order valence-electron chi connectivity index (χ1n) is 4.94. The minimum absolute atomic E-state index is 0.144. The van der Waals surface area contributed by atoms with Gasteiger partial charge in [0, 0.05) is 23.6 Å². The first kappa shape index (κ1) is 12.0. The molecule has 5 heteroatoms. The zero-order chi connectivity index (χ0) is 11.7. The van der Waals surface area contributed by atoms with Gasteiger partial charge in [-0.2, -0.15) is 0 Å². The Balaban J connectivity index is 2.04. The molecule has 1 aromatic carbocycles. The highest BCUT2D eigenvalue weighted by molar-refractivity contribution is 6.34. The minimum atomic E-state index is -0.454. The van der Waals surface area contributed by atoms with Crippen molar-refractivity contribution < 1.29 is 14.6 Å². The fraction of sp³-hybridized carbons (Fsp3) is 0.455. The molecule has 0 bridgehead atoms. The Morgan fingerprint density at radius 3 is 2.38 bits per heavy atom. The molecule has 0 saturated heterocycles. The molecule has 2 rings (SSSR count). The van der Waals surface area contributed by atoms with Crippen LogP contribution in [0.4, 0.5) is 0 Å². The normalized spacial score (nSPS) is 28.6. The second kappa shape index (κ2) is 4.80. The average Bonchev–Trinajstić information content (AvgIpc) is 2.15. The maximum absolute atomic E-state index is 9.41. The van der Waals surface area contributed by atoms with E-state index in [0.29, 0.717) is 22.2 Å². The molecule has 1 aliphatic carbocycles. The van der Waals surface area contributed by atoms with E-state index in [1.165, 1.54) is 0 Å². The van der Waals surface area contributed by atoms with Crippen LogP contribution in [0.5, 0.6) is 5.75 Å². The fourth-order valence-corrected chi connectivity index (χ4v) is 2.26. The summed E-state index contributed by atoms with van der Waals surface area (Å²) in [4.78, 5) is 0. The third kappa shape index (κ3) is 2.43. The van der Waals surface area contributed by atoms with Crippen LogP contribution in [0.2, 0.25) is 10.0 Å². The van der Waals surface area contributed by atoms with E-state index < -0.39 is 6.10 Å². The van der Waals surface area contributed by atoms with Gasteiger partial charge < -0.3 is 14.6 Å². The topological polar surface area (TPSA) is 38.7 Å². The summed E-state index contributed by atoms with van der Waals surface area (Å²) in [6, 6.07) is 5.01. The van der Waals surface area contributed by atoms with Crippen molar-refractivity contribution in [2.75, 3.05) is 7.11 Å². The van der Waals surface area contributed by atoms with Crippen LogP contribution >= 0.6 is 23.2 Å². The van der Waals surface area contributed by atoms with E-state index in [2.05, 4.69) is 0 Å². The predicted octanol–water partition coefficient (Wildman–Crippen LogP) is 2.52. The summed E-state index contributed by atoms with van der Waals surface area (Å²) >= 11 is 11.7. The van der Waals surface area contributed by atoms with Gasteiger partial charge in [-0.3, -0.25) is 0 Å². The van der Waals surface area contributed by atoms with Crippen LogP contribution in [0.25, 0.3) is 0 Å². The van der Waals surface area contributed by atoms with Crippen molar-refractivity contribution in [3.8, 4) is 5.75 Å². The second-order valence-electron chi connectivity index (χ2n) is 3.76.